The van der Waals surface area contributed by atoms with Gasteiger partial charge in [-0.05, 0) is 54.6 Å². The van der Waals surface area contributed by atoms with Crippen molar-refractivity contribution in [2.24, 2.45) is 23.2 Å². The first-order valence-corrected chi connectivity index (χ1v) is 9.08. The summed E-state index contributed by atoms with van der Waals surface area (Å²) in [5.74, 6) is 0.806. The zero-order valence-electron chi connectivity index (χ0n) is 14.1. The summed E-state index contributed by atoms with van der Waals surface area (Å²) in [6.45, 7) is 0.924. The summed E-state index contributed by atoms with van der Waals surface area (Å²) in [6, 6.07) is 5.83. The lowest BCUT2D eigenvalue weighted by Crippen LogP contribution is -2.34. The highest BCUT2D eigenvalue weighted by Gasteiger charge is 2.62. The number of benzene rings is 1. The first kappa shape index (κ1) is 16.3. The van der Waals surface area contributed by atoms with Gasteiger partial charge in [0.2, 0.25) is 5.91 Å². The standard InChI is InChI=1S/C20H23FN2O2/c21-17-4-2-1-3-15(17)19(25)22-10-7-18(24)23-12-13-11-14-5-6-16(13)20(14)8-9-20/h1-6,13-14,16H,7-12H2,(H,22,25)(H,23,24)/t13-,14-,16-/m0/s1. The number of nitrogens with one attached hydrogen (secondary N) is 2. The molecule has 3 aliphatic carbocycles. The maximum Gasteiger partial charge on any atom is 0.254 e. The second-order valence-corrected chi connectivity index (χ2v) is 7.54. The van der Waals surface area contributed by atoms with E-state index >= 15 is 0 Å². The molecule has 1 aromatic rings. The number of halogens is 1. The van der Waals surface area contributed by atoms with Crippen LogP contribution in [0.25, 0.3) is 0 Å². The van der Waals surface area contributed by atoms with Crippen LogP contribution in [-0.2, 0) is 4.79 Å². The summed E-state index contributed by atoms with van der Waals surface area (Å²) in [7, 11) is 0. The van der Waals surface area contributed by atoms with Gasteiger partial charge in [0.15, 0.2) is 0 Å². The number of amides is 2. The molecule has 1 aromatic carbocycles. The fourth-order valence-corrected chi connectivity index (χ4v) is 4.72. The lowest BCUT2D eigenvalue weighted by molar-refractivity contribution is -0.121. The Balaban J connectivity index is 1.18. The van der Waals surface area contributed by atoms with Crippen molar-refractivity contribution in [1.29, 1.82) is 0 Å². The topological polar surface area (TPSA) is 58.2 Å². The summed E-state index contributed by atoms with van der Waals surface area (Å²) in [4.78, 5) is 23.9. The highest BCUT2D eigenvalue weighted by molar-refractivity contribution is 5.94. The number of carbonyl (C=O) groups excluding carboxylic acids is 2. The molecule has 0 aromatic heterocycles. The Bertz CT molecular complexity index is 726. The SMILES string of the molecule is O=C(CCNC(=O)c1ccccc1F)NC[C@@H]1C[C@@H]2C=C[C@@H]1C21CC1. The van der Waals surface area contributed by atoms with Gasteiger partial charge in [-0.3, -0.25) is 9.59 Å². The molecule has 0 saturated heterocycles. The van der Waals surface area contributed by atoms with E-state index in [4.69, 9.17) is 0 Å². The van der Waals surface area contributed by atoms with Crippen LogP contribution in [0.3, 0.4) is 0 Å². The molecule has 5 heteroatoms. The van der Waals surface area contributed by atoms with Crippen molar-refractivity contribution in [3.8, 4) is 0 Å². The summed E-state index contributed by atoms with van der Waals surface area (Å²) >= 11 is 0. The third kappa shape index (κ3) is 2.96. The quantitative estimate of drug-likeness (QED) is 0.781. The van der Waals surface area contributed by atoms with Crippen molar-refractivity contribution in [3.05, 3.63) is 47.8 Å². The Labute approximate surface area is 146 Å². The molecule has 3 atom stereocenters. The van der Waals surface area contributed by atoms with Gasteiger partial charge < -0.3 is 10.6 Å². The smallest absolute Gasteiger partial charge is 0.254 e. The predicted octanol–water partition coefficient (Wildman–Crippen LogP) is 2.66. The highest BCUT2D eigenvalue weighted by atomic mass is 19.1. The van der Waals surface area contributed by atoms with Crippen LogP contribution in [0.4, 0.5) is 4.39 Å². The van der Waals surface area contributed by atoms with Crippen molar-refractivity contribution in [2.45, 2.75) is 25.7 Å². The van der Waals surface area contributed by atoms with Gasteiger partial charge in [0.1, 0.15) is 5.82 Å². The molecular weight excluding hydrogens is 319 g/mol. The van der Waals surface area contributed by atoms with E-state index < -0.39 is 11.7 Å². The van der Waals surface area contributed by atoms with Gasteiger partial charge in [-0.2, -0.15) is 0 Å². The monoisotopic (exact) mass is 342 g/mol. The van der Waals surface area contributed by atoms with Crippen molar-refractivity contribution in [3.63, 3.8) is 0 Å². The van der Waals surface area contributed by atoms with E-state index in [0.717, 1.165) is 5.92 Å². The molecule has 2 bridgehead atoms. The van der Waals surface area contributed by atoms with E-state index in [1.807, 2.05) is 0 Å². The van der Waals surface area contributed by atoms with Crippen LogP contribution in [0.2, 0.25) is 0 Å². The van der Waals surface area contributed by atoms with Gasteiger partial charge in [0, 0.05) is 19.5 Å². The fourth-order valence-electron chi connectivity index (χ4n) is 4.72. The third-order valence-electron chi connectivity index (χ3n) is 6.16. The molecule has 0 heterocycles. The molecular formula is C20H23FN2O2. The molecule has 0 radical (unpaired) electrons. The molecule has 25 heavy (non-hydrogen) atoms. The third-order valence-corrected chi connectivity index (χ3v) is 6.16. The van der Waals surface area contributed by atoms with Crippen molar-refractivity contribution >= 4 is 11.8 Å². The molecule has 132 valence electrons. The van der Waals surface area contributed by atoms with Gasteiger partial charge in [-0.1, -0.05) is 24.3 Å². The summed E-state index contributed by atoms with van der Waals surface area (Å²) in [5, 5.41) is 5.60. The Kier molecular flexibility index (Phi) is 4.10. The average molecular weight is 342 g/mol. The molecule has 2 fully saturated rings. The molecule has 4 rings (SSSR count). The Morgan fingerprint density at radius 2 is 1.96 bits per heavy atom. The predicted molar refractivity (Wildman–Crippen MR) is 92.3 cm³/mol. The van der Waals surface area contributed by atoms with Gasteiger partial charge in [-0.15, -0.1) is 0 Å². The van der Waals surface area contributed by atoms with E-state index in [-0.39, 0.29) is 24.4 Å². The lowest BCUT2D eigenvalue weighted by atomic mass is 9.89. The molecule has 2 N–H and O–H groups in total. The first-order chi connectivity index (χ1) is 12.1. The molecule has 2 amide bonds. The highest BCUT2D eigenvalue weighted by Crippen LogP contribution is 2.69. The van der Waals surface area contributed by atoms with E-state index in [1.165, 1.54) is 37.5 Å². The molecule has 1 spiro atoms. The van der Waals surface area contributed by atoms with E-state index in [1.54, 1.807) is 6.07 Å². The normalized spacial score (nSPS) is 27.5. The van der Waals surface area contributed by atoms with Crippen LogP contribution in [0.1, 0.15) is 36.0 Å². The molecule has 0 unspecified atom stereocenters. The maximum absolute atomic E-state index is 13.5. The average Bonchev–Trinajstić information content (AvgIpc) is 3.27. The number of carbonyl (C=O) groups is 2. The Morgan fingerprint density at radius 3 is 2.68 bits per heavy atom. The molecule has 4 nitrogen and oxygen atoms in total. The van der Waals surface area contributed by atoms with Gasteiger partial charge in [0.25, 0.3) is 5.91 Å². The van der Waals surface area contributed by atoms with Gasteiger partial charge in [-0.25, -0.2) is 4.39 Å². The molecule has 2 saturated carbocycles. The molecule has 0 aliphatic heterocycles. The number of hydrogen-bond acceptors (Lipinski definition) is 2. The van der Waals surface area contributed by atoms with Crippen LogP contribution < -0.4 is 10.6 Å². The Morgan fingerprint density at radius 1 is 1.16 bits per heavy atom. The minimum atomic E-state index is -0.553. The van der Waals surface area contributed by atoms with Crippen LogP contribution >= 0.6 is 0 Å². The second kappa shape index (κ2) is 6.28. The van der Waals surface area contributed by atoms with Crippen LogP contribution in [0.15, 0.2) is 36.4 Å². The maximum atomic E-state index is 13.5. The minimum Gasteiger partial charge on any atom is -0.356 e. The van der Waals surface area contributed by atoms with Crippen molar-refractivity contribution in [1.82, 2.24) is 10.6 Å². The summed E-state index contributed by atoms with van der Waals surface area (Å²) in [5.41, 5.74) is 0.551. The minimum absolute atomic E-state index is 0.00593. The number of allylic oxidation sites excluding steroid dienone is 2. The zero-order chi connectivity index (χ0) is 17.4. The molecule has 3 aliphatic rings. The van der Waals surface area contributed by atoms with E-state index in [0.29, 0.717) is 23.8 Å². The van der Waals surface area contributed by atoms with E-state index in [9.17, 15) is 14.0 Å². The van der Waals surface area contributed by atoms with Gasteiger partial charge >= 0.3 is 0 Å². The first-order valence-electron chi connectivity index (χ1n) is 9.08. The van der Waals surface area contributed by atoms with Crippen LogP contribution in [-0.4, -0.2) is 24.9 Å². The fraction of sp³-hybridized carbons (Fsp3) is 0.500. The second-order valence-electron chi connectivity index (χ2n) is 7.54. The van der Waals surface area contributed by atoms with Crippen LogP contribution in [0.5, 0.6) is 0 Å². The number of rotatable bonds is 6. The summed E-state index contributed by atoms with van der Waals surface area (Å²) in [6.07, 6.45) is 8.79. The van der Waals surface area contributed by atoms with Crippen LogP contribution in [0, 0.1) is 29.0 Å². The summed E-state index contributed by atoms with van der Waals surface area (Å²) < 4.78 is 13.5. The zero-order valence-corrected chi connectivity index (χ0v) is 14.1. The van der Waals surface area contributed by atoms with Crippen molar-refractivity contribution in [2.75, 3.05) is 13.1 Å². The largest absolute Gasteiger partial charge is 0.356 e. The van der Waals surface area contributed by atoms with Crippen molar-refractivity contribution < 1.29 is 14.0 Å². The number of hydrogen-bond donors (Lipinski definition) is 2. The Hall–Kier alpha value is -2.17. The lowest BCUT2D eigenvalue weighted by Gasteiger charge is -2.20. The van der Waals surface area contributed by atoms with Gasteiger partial charge in [0.05, 0.1) is 5.56 Å². The van der Waals surface area contributed by atoms with E-state index in [2.05, 4.69) is 22.8 Å².